The minimum absolute atomic E-state index is 0.0395. The number of phenols is 1. The predicted molar refractivity (Wildman–Crippen MR) is 151 cm³/mol. The monoisotopic (exact) mass is 566 g/mol. The Morgan fingerprint density at radius 3 is 2.37 bits per heavy atom. The van der Waals surface area contributed by atoms with E-state index in [0.717, 1.165) is 24.9 Å². The fourth-order valence-electron chi connectivity index (χ4n) is 7.71. The van der Waals surface area contributed by atoms with Crippen LogP contribution in [0.1, 0.15) is 60.0 Å². The SMILES string of the molecule is CN(C)c1cc(CCC2CCCC2)c(O)c2c1C[C@H]1C[C@H]3[C@H](N(C)C)C(=O)C(C(N)=O)=C(O)[C@@]3(O)C(N=O)=C1C2=O. The molecule has 0 heterocycles. The average molecular weight is 567 g/mol. The first-order valence-corrected chi connectivity index (χ1v) is 14.2. The molecule has 4 aliphatic rings. The summed E-state index contributed by atoms with van der Waals surface area (Å²) < 4.78 is 0. The maximum absolute atomic E-state index is 14.2. The van der Waals surface area contributed by atoms with E-state index in [0.29, 0.717) is 23.5 Å². The zero-order valence-corrected chi connectivity index (χ0v) is 23.9. The molecule has 1 fully saturated rings. The molecule has 0 radical (unpaired) electrons. The number of nitrogens with two attached hydrogens (primary N) is 1. The van der Waals surface area contributed by atoms with Crippen LogP contribution in [0, 0.1) is 22.7 Å². The van der Waals surface area contributed by atoms with Gasteiger partial charge in [-0.1, -0.05) is 25.7 Å². The number of allylic oxidation sites excluding steroid dienone is 1. The first-order chi connectivity index (χ1) is 19.3. The van der Waals surface area contributed by atoms with Crippen molar-refractivity contribution in [3.8, 4) is 5.75 Å². The molecule has 5 N–H and O–H groups in total. The first kappa shape index (κ1) is 28.9. The van der Waals surface area contributed by atoms with Gasteiger partial charge in [-0.2, -0.15) is 0 Å². The molecule has 1 amide bonds. The Morgan fingerprint density at radius 2 is 1.80 bits per heavy atom. The maximum Gasteiger partial charge on any atom is 0.255 e. The number of carbonyl (C=O) groups is 3. The Labute approximate surface area is 238 Å². The van der Waals surface area contributed by atoms with E-state index in [1.54, 1.807) is 14.1 Å². The molecule has 0 unspecified atom stereocenters. The van der Waals surface area contributed by atoms with Gasteiger partial charge in [-0.05, 0) is 74.0 Å². The van der Waals surface area contributed by atoms with Crippen molar-refractivity contribution < 1.29 is 29.7 Å². The Hall–Kier alpha value is -3.57. The van der Waals surface area contributed by atoms with Gasteiger partial charge in [0.05, 0.1) is 11.6 Å². The van der Waals surface area contributed by atoms with Crippen molar-refractivity contribution in [2.24, 2.45) is 28.7 Å². The molecule has 0 spiro atoms. The molecular weight excluding hydrogens is 528 g/mol. The maximum atomic E-state index is 14.2. The second-order valence-corrected chi connectivity index (χ2v) is 12.4. The molecule has 4 aliphatic carbocycles. The van der Waals surface area contributed by atoms with E-state index >= 15 is 0 Å². The van der Waals surface area contributed by atoms with Crippen LogP contribution < -0.4 is 10.6 Å². The second kappa shape index (κ2) is 10.4. The van der Waals surface area contributed by atoms with E-state index in [-0.39, 0.29) is 29.7 Å². The summed E-state index contributed by atoms with van der Waals surface area (Å²) in [5.41, 5.74) is 3.32. The molecule has 0 saturated heterocycles. The number of aliphatic hydroxyl groups is 2. The van der Waals surface area contributed by atoms with Gasteiger partial charge in [0.15, 0.2) is 17.2 Å². The quantitative estimate of drug-likeness (QED) is 0.286. The topological polar surface area (TPSA) is 174 Å². The summed E-state index contributed by atoms with van der Waals surface area (Å²) in [7, 11) is 6.87. The zero-order valence-electron chi connectivity index (χ0n) is 23.9. The van der Waals surface area contributed by atoms with E-state index in [2.05, 4.69) is 5.18 Å². The highest BCUT2D eigenvalue weighted by Gasteiger charge is 2.62. The van der Waals surface area contributed by atoms with Crippen LogP contribution in [0.5, 0.6) is 5.75 Å². The van der Waals surface area contributed by atoms with Crippen molar-refractivity contribution in [3.63, 3.8) is 0 Å². The van der Waals surface area contributed by atoms with Crippen LogP contribution >= 0.6 is 0 Å². The van der Waals surface area contributed by atoms with Gasteiger partial charge in [0, 0.05) is 31.3 Å². The lowest BCUT2D eigenvalue weighted by Crippen LogP contribution is -2.62. The number of aromatic hydroxyl groups is 1. The number of amides is 1. The molecule has 5 rings (SSSR count). The number of benzene rings is 1. The van der Waals surface area contributed by atoms with Gasteiger partial charge < -0.3 is 26.0 Å². The van der Waals surface area contributed by atoms with Gasteiger partial charge in [-0.15, -0.1) is 4.91 Å². The third-order valence-electron chi connectivity index (χ3n) is 9.65. The number of rotatable bonds is 7. The number of nitrogens with zero attached hydrogens (tertiary/aromatic N) is 3. The number of likely N-dealkylation sites (N-methyl/N-ethyl adjacent to an activating group) is 1. The molecule has 220 valence electrons. The number of aryl methyl sites for hydroxylation is 1. The van der Waals surface area contributed by atoms with Gasteiger partial charge >= 0.3 is 0 Å². The molecule has 11 heteroatoms. The number of carbonyl (C=O) groups excluding carboxylic acids is 3. The number of fused-ring (bicyclic) bond motifs is 3. The lowest BCUT2D eigenvalue weighted by atomic mass is 9.58. The van der Waals surface area contributed by atoms with Crippen LogP contribution in [-0.4, -0.2) is 77.5 Å². The van der Waals surface area contributed by atoms with Gasteiger partial charge in [-0.3, -0.25) is 19.3 Å². The molecule has 41 heavy (non-hydrogen) atoms. The average Bonchev–Trinajstić information content (AvgIpc) is 3.41. The summed E-state index contributed by atoms with van der Waals surface area (Å²) >= 11 is 0. The number of hydrogen-bond acceptors (Lipinski definition) is 10. The van der Waals surface area contributed by atoms with E-state index in [1.807, 2.05) is 25.1 Å². The van der Waals surface area contributed by atoms with Crippen molar-refractivity contribution in [2.75, 3.05) is 33.1 Å². The Kier molecular flexibility index (Phi) is 7.31. The number of phenolic OH excluding ortho intramolecular Hbond substituents is 1. The highest BCUT2D eigenvalue weighted by molar-refractivity contribution is 6.22. The van der Waals surface area contributed by atoms with Crippen molar-refractivity contribution in [2.45, 2.75) is 63.0 Å². The number of ketones is 2. The number of nitroso groups, excluding NO2 is 1. The normalized spacial score (nSPS) is 28.1. The lowest BCUT2D eigenvalue weighted by molar-refractivity contribution is -0.134. The standard InChI is InChI=1S/C30H38N4O7/c1-33(2)19-13-15(10-9-14-7-5-6-8-14)24(35)21-17(19)11-16-12-18-23(34(3)4)26(37)22(29(31)39)28(38)30(18,40)27(32-41)20(16)25(21)36/h13-14,16,18,23,35,38,40H,5-12H2,1-4H3,(H2,31,39)/t16-,18-,23-,30-/m0/s1. The Morgan fingerprint density at radius 1 is 1.15 bits per heavy atom. The minimum atomic E-state index is -2.59. The number of anilines is 1. The van der Waals surface area contributed by atoms with Crippen molar-refractivity contribution in [1.82, 2.24) is 4.90 Å². The molecule has 4 atom stereocenters. The minimum Gasteiger partial charge on any atom is -0.508 e. The van der Waals surface area contributed by atoms with Gasteiger partial charge in [0.1, 0.15) is 22.8 Å². The molecule has 1 aromatic carbocycles. The molecule has 0 bridgehead atoms. The Bertz CT molecular complexity index is 1410. The van der Waals surface area contributed by atoms with E-state index < -0.39 is 58.0 Å². The fraction of sp³-hybridized carbons (Fsp3) is 0.567. The van der Waals surface area contributed by atoms with Crippen LogP contribution in [0.15, 0.2) is 33.8 Å². The van der Waals surface area contributed by atoms with E-state index in [4.69, 9.17) is 5.73 Å². The fourth-order valence-corrected chi connectivity index (χ4v) is 7.71. The summed E-state index contributed by atoms with van der Waals surface area (Å²) in [4.78, 5) is 55.6. The Balaban J connectivity index is 1.70. The highest BCUT2D eigenvalue weighted by atomic mass is 16.3. The van der Waals surface area contributed by atoms with Crippen LogP contribution in [-0.2, 0) is 22.4 Å². The van der Waals surface area contributed by atoms with Crippen LogP contribution in [0.25, 0.3) is 0 Å². The number of primary amides is 1. The summed E-state index contributed by atoms with van der Waals surface area (Å²) in [6.45, 7) is 0. The summed E-state index contributed by atoms with van der Waals surface area (Å²) in [6.07, 6.45) is 6.44. The number of aliphatic hydroxyl groups excluding tert-OH is 1. The van der Waals surface area contributed by atoms with Gasteiger partial charge in [-0.25, -0.2) is 0 Å². The summed E-state index contributed by atoms with van der Waals surface area (Å²) in [5, 5.41) is 37.6. The van der Waals surface area contributed by atoms with Crippen molar-refractivity contribution in [1.29, 1.82) is 0 Å². The summed E-state index contributed by atoms with van der Waals surface area (Å²) in [6, 6.07) is 0.803. The molecule has 11 nitrogen and oxygen atoms in total. The van der Waals surface area contributed by atoms with E-state index in [1.165, 1.54) is 17.7 Å². The van der Waals surface area contributed by atoms with E-state index in [9.17, 15) is 34.6 Å². The molecule has 0 aliphatic heterocycles. The van der Waals surface area contributed by atoms with Crippen molar-refractivity contribution >= 4 is 23.2 Å². The first-order valence-electron chi connectivity index (χ1n) is 14.2. The highest BCUT2D eigenvalue weighted by Crippen LogP contribution is 2.55. The lowest BCUT2D eigenvalue weighted by Gasteiger charge is -2.50. The summed E-state index contributed by atoms with van der Waals surface area (Å²) in [5.74, 6) is -5.07. The molecule has 1 aromatic rings. The largest absolute Gasteiger partial charge is 0.508 e. The van der Waals surface area contributed by atoms with Gasteiger partial charge in [0.2, 0.25) is 0 Å². The van der Waals surface area contributed by atoms with Crippen LogP contribution in [0.2, 0.25) is 0 Å². The predicted octanol–water partition coefficient (Wildman–Crippen LogP) is 2.52. The third kappa shape index (κ3) is 4.28. The molecular formula is C30H38N4O7. The molecule has 0 aromatic heterocycles. The molecule has 1 saturated carbocycles. The van der Waals surface area contributed by atoms with Crippen LogP contribution in [0.3, 0.4) is 0 Å². The number of hydrogen-bond donors (Lipinski definition) is 4. The van der Waals surface area contributed by atoms with Crippen LogP contribution in [0.4, 0.5) is 5.69 Å². The zero-order chi connectivity index (χ0) is 30.0. The third-order valence-corrected chi connectivity index (χ3v) is 9.65. The van der Waals surface area contributed by atoms with Crippen molar-refractivity contribution in [3.05, 3.63) is 50.3 Å². The van der Waals surface area contributed by atoms with Gasteiger partial charge in [0.25, 0.3) is 5.91 Å². The number of Topliss-reactive ketones (excluding diaryl/α,β-unsaturated/α-hetero) is 2. The second-order valence-electron chi connectivity index (χ2n) is 12.4. The smallest absolute Gasteiger partial charge is 0.255 e.